The van der Waals surface area contributed by atoms with Gasteiger partial charge in [-0.2, -0.15) is 0 Å². The molecule has 6 nitrogen and oxygen atoms in total. The van der Waals surface area contributed by atoms with Crippen LogP contribution in [0.4, 0.5) is 4.79 Å². The molecule has 1 aliphatic rings. The van der Waals surface area contributed by atoms with Crippen molar-refractivity contribution in [2.45, 2.75) is 0 Å². The van der Waals surface area contributed by atoms with E-state index in [0.717, 1.165) is 6.47 Å². The van der Waals surface area contributed by atoms with E-state index < -0.39 is 6.09 Å². The fraction of sp³-hybridized carbons (Fsp3) is 0.714. The number of hydrogen-bond donors (Lipinski definition) is 0. The molecule has 13 heavy (non-hydrogen) atoms. The lowest BCUT2D eigenvalue weighted by atomic mass is 10.5. The van der Waals surface area contributed by atoms with E-state index in [2.05, 4.69) is 9.47 Å². The number of carbonyl (C=O) groups excluding carboxylic acids is 2. The summed E-state index contributed by atoms with van der Waals surface area (Å²) in [6.45, 7) is 2.79. The zero-order valence-electron chi connectivity index (χ0n) is 7.02. The molecule has 6 heteroatoms. The number of hydrogen-bond acceptors (Lipinski definition) is 5. The maximum absolute atomic E-state index is 11.1. The monoisotopic (exact) mass is 188 g/mol. The van der Waals surface area contributed by atoms with Crippen LogP contribution in [0.1, 0.15) is 0 Å². The van der Waals surface area contributed by atoms with Gasteiger partial charge in [-0.05, 0) is 0 Å². The Kier molecular flexibility index (Phi) is 4.04. The fourth-order valence-electron chi connectivity index (χ4n) is 0.941. The molecule has 0 unspecified atom stereocenters. The van der Waals surface area contributed by atoms with E-state index in [4.69, 9.17) is 4.74 Å². The van der Waals surface area contributed by atoms with Crippen LogP contribution in [0.25, 0.3) is 0 Å². The van der Waals surface area contributed by atoms with Gasteiger partial charge in [0.25, 0.3) is 0 Å². The van der Waals surface area contributed by atoms with Crippen LogP contribution in [-0.2, 0) is 19.0 Å². The predicted octanol–water partition coefficient (Wildman–Crippen LogP) is -0.504. The van der Waals surface area contributed by atoms with Gasteiger partial charge < -0.3 is 19.1 Å². The van der Waals surface area contributed by atoms with Crippen LogP contribution in [0.3, 0.4) is 0 Å². The average molecular weight is 188 g/mol. The number of rotatable bonds is 3. The van der Waals surface area contributed by atoms with Gasteiger partial charge in [-0.25, -0.2) is 9.59 Å². The Morgan fingerprint density at radius 3 is 2.77 bits per heavy atom. The highest BCUT2D eigenvalue weighted by molar-refractivity contribution is 5.67. The maximum atomic E-state index is 11.1. The van der Waals surface area contributed by atoms with Crippen molar-refractivity contribution in [1.29, 1.82) is 0 Å². The molecule has 1 fully saturated rings. The quantitative estimate of drug-likeness (QED) is 0.441. The maximum Gasteiger partial charge on any atom is 0.420 e. The second-order valence-electron chi connectivity index (χ2n) is 2.36. The molecule has 0 aromatic carbocycles. The van der Waals surface area contributed by atoms with Gasteiger partial charge in [0.2, 0.25) is 6.79 Å². The number of nitrogens with zero attached hydrogens (tertiary/aromatic N) is 1. The molecule has 1 amide bonds. The van der Waals surface area contributed by atoms with Gasteiger partial charge in [-0.15, -0.1) is 0 Å². The highest BCUT2D eigenvalue weighted by atomic mass is 16.7. The second-order valence-corrected chi connectivity index (χ2v) is 2.36. The smallest absolute Gasteiger partial charge is 0.419 e. The first-order valence-corrected chi connectivity index (χ1v) is 3.83. The predicted molar refractivity (Wildman–Crippen MR) is 40.5 cm³/mol. The van der Waals surface area contributed by atoms with E-state index in [1.54, 1.807) is 0 Å². The van der Waals surface area contributed by atoms with Gasteiger partial charge in [-0.1, -0.05) is 0 Å². The standard InChI is InChI=1S/C7H10NO5/c9-5-12-6-13-7(10)8-1-3-11-4-2-8/h1-4,6H2. The lowest BCUT2D eigenvalue weighted by Gasteiger charge is -2.25. The Morgan fingerprint density at radius 2 is 2.15 bits per heavy atom. The third-order valence-corrected chi connectivity index (χ3v) is 1.57. The lowest BCUT2D eigenvalue weighted by molar-refractivity contribution is -0.00230. The van der Waals surface area contributed by atoms with Crippen LogP contribution in [0.5, 0.6) is 0 Å². The van der Waals surface area contributed by atoms with E-state index >= 15 is 0 Å². The fourth-order valence-corrected chi connectivity index (χ4v) is 0.941. The second kappa shape index (κ2) is 5.36. The Bertz CT molecular complexity index is 178. The summed E-state index contributed by atoms with van der Waals surface area (Å²) in [4.78, 5) is 22.2. The molecule has 0 aromatic heterocycles. The topological polar surface area (TPSA) is 65.1 Å². The molecule has 0 bridgehead atoms. The Balaban J connectivity index is 2.17. The van der Waals surface area contributed by atoms with Gasteiger partial charge in [-0.3, -0.25) is 0 Å². The van der Waals surface area contributed by atoms with Crippen LogP contribution in [0.15, 0.2) is 0 Å². The Morgan fingerprint density at radius 1 is 1.46 bits per heavy atom. The third-order valence-electron chi connectivity index (χ3n) is 1.57. The van der Waals surface area contributed by atoms with Crippen molar-refractivity contribution in [3.63, 3.8) is 0 Å². The van der Waals surface area contributed by atoms with Crippen molar-refractivity contribution in [2.75, 3.05) is 33.1 Å². The minimum Gasteiger partial charge on any atom is -0.419 e. The summed E-state index contributed by atoms with van der Waals surface area (Å²) in [5, 5.41) is 0. The summed E-state index contributed by atoms with van der Waals surface area (Å²) in [7, 11) is 0. The molecular weight excluding hydrogens is 178 g/mol. The number of amides is 1. The first kappa shape index (κ1) is 9.79. The van der Waals surface area contributed by atoms with Crippen LogP contribution < -0.4 is 0 Å². The highest BCUT2D eigenvalue weighted by Crippen LogP contribution is 1.99. The Hall–Kier alpha value is -1.30. The van der Waals surface area contributed by atoms with E-state index in [-0.39, 0.29) is 6.79 Å². The molecular formula is C7H10NO5. The van der Waals surface area contributed by atoms with Crippen molar-refractivity contribution in [3.05, 3.63) is 0 Å². The molecule has 1 heterocycles. The highest BCUT2D eigenvalue weighted by Gasteiger charge is 2.17. The Labute approximate surface area is 75.3 Å². The summed E-state index contributed by atoms with van der Waals surface area (Å²) in [6, 6.07) is 0. The number of morpholine rings is 1. The van der Waals surface area contributed by atoms with E-state index in [9.17, 15) is 9.59 Å². The van der Waals surface area contributed by atoms with E-state index in [1.807, 2.05) is 0 Å². The van der Waals surface area contributed by atoms with Crippen LogP contribution in [0.2, 0.25) is 0 Å². The van der Waals surface area contributed by atoms with E-state index in [1.165, 1.54) is 4.90 Å². The zero-order valence-corrected chi connectivity index (χ0v) is 7.02. The average Bonchev–Trinajstić information content (AvgIpc) is 2.19. The van der Waals surface area contributed by atoms with Gasteiger partial charge in [0.05, 0.1) is 13.2 Å². The minimum atomic E-state index is -0.501. The minimum absolute atomic E-state index is 0.389. The number of ether oxygens (including phenoxy) is 3. The van der Waals surface area contributed by atoms with Crippen LogP contribution in [-0.4, -0.2) is 50.6 Å². The molecule has 0 saturated carbocycles. The molecule has 0 N–H and O–H groups in total. The lowest BCUT2D eigenvalue weighted by Crippen LogP contribution is -2.41. The zero-order chi connectivity index (χ0) is 9.52. The molecule has 1 aliphatic heterocycles. The van der Waals surface area contributed by atoms with Crippen molar-refractivity contribution in [3.8, 4) is 0 Å². The normalized spacial score (nSPS) is 16.5. The molecule has 0 aromatic rings. The summed E-state index contributed by atoms with van der Waals surface area (Å²) in [5.74, 6) is 0. The van der Waals surface area contributed by atoms with Crippen LogP contribution >= 0.6 is 0 Å². The van der Waals surface area contributed by atoms with E-state index in [0.29, 0.717) is 26.3 Å². The summed E-state index contributed by atoms with van der Waals surface area (Å²) in [6.07, 6.45) is -0.501. The molecule has 1 saturated heterocycles. The van der Waals surface area contributed by atoms with Gasteiger partial charge >= 0.3 is 12.6 Å². The van der Waals surface area contributed by atoms with Crippen molar-refractivity contribution in [1.82, 2.24) is 4.90 Å². The molecule has 0 spiro atoms. The molecule has 1 radical (unpaired) electrons. The summed E-state index contributed by atoms with van der Waals surface area (Å²) >= 11 is 0. The SMILES string of the molecule is O=[C]OCOC(=O)N1CCOCC1. The van der Waals surface area contributed by atoms with Crippen molar-refractivity contribution in [2.24, 2.45) is 0 Å². The van der Waals surface area contributed by atoms with Gasteiger partial charge in [0, 0.05) is 13.1 Å². The van der Waals surface area contributed by atoms with Crippen molar-refractivity contribution < 1.29 is 23.8 Å². The summed E-state index contributed by atoms with van der Waals surface area (Å²) < 4.78 is 13.7. The first-order valence-electron chi connectivity index (χ1n) is 3.83. The molecule has 0 aliphatic carbocycles. The van der Waals surface area contributed by atoms with Gasteiger partial charge in [0.1, 0.15) is 0 Å². The first-order chi connectivity index (χ1) is 6.34. The van der Waals surface area contributed by atoms with Crippen molar-refractivity contribution >= 4 is 12.6 Å². The molecule has 1 rings (SSSR count). The molecule has 73 valence electrons. The number of carbonyl (C=O) groups is 1. The summed E-state index contributed by atoms with van der Waals surface area (Å²) in [5.41, 5.74) is 0. The third kappa shape index (κ3) is 3.29. The largest absolute Gasteiger partial charge is 0.420 e. The van der Waals surface area contributed by atoms with Crippen LogP contribution in [0, 0.1) is 0 Å². The molecule has 0 atom stereocenters. The van der Waals surface area contributed by atoms with Gasteiger partial charge in [0.15, 0.2) is 0 Å².